The Hall–Kier alpha value is -0.770. The van der Waals surface area contributed by atoms with E-state index in [1.165, 1.54) is 7.11 Å². The standard InChI is InChI=1S/C7H14O4/c1-3-10-5-4-6-11-7(8)9-2/h3-6H2,1-2H3. The van der Waals surface area contributed by atoms with Crippen molar-refractivity contribution in [2.45, 2.75) is 13.3 Å². The lowest BCUT2D eigenvalue weighted by molar-refractivity contribution is 0.0606. The number of methoxy groups -OCH3 is 1. The van der Waals surface area contributed by atoms with E-state index in [0.717, 1.165) is 0 Å². The predicted octanol–water partition coefficient (Wildman–Crippen LogP) is 1.20. The zero-order valence-electron chi connectivity index (χ0n) is 6.96. The summed E-state index contributed by atoms with van der Waals surface area (Å²) < 4.78 is 13.9. The van der Waals surface area contributed by atoms with Crippen LogP contribution in [0.5, 0.6) is 0 Å². The van der Waals surface area contributed by atoms with Crippen LogP contribution in [-0.4, -0.2) is 33.1 Å². The molecule has 0 fully saturated rings. The topological polar surface area (TPSA) is 44.8 Å². The first kappa shape index (κ1) is 10.2. The van der Waals surface area contributed by atoms with E-state index >= 15 is 0 Å². The minimum Gasteiger partial charge on any atom is -0.438 e. The molecule has 0 N–H and O–H groups in total. The van der Waals surface area contributed by atoms with Crippen LogP contribution in [0, 0.1) is 0 Å². The Morgan fingerprint density at radius 2 is 2.09 bits per heavy atom. The highest BCUT2D eigenvalue weighted by molar-refractivity contribution is 5.59. The molecule has 0 heterocycles. The van der Waals surface area contributed by atoms with Gasteiger partial charge in [-0.2, -0.15) is 0 Å². The van der Waals surface area contributed by atoms with Crippen LogP contribution < -0.4 is 0 Å². The third-order valence-corrected chi connectivity index (χ3v) is 1.02. The summed E-state index contributed by atoms with van der Waals surface area (Å²) in [5, 5.41) is 0. The van der Waals surface area contributed by atoms with Crippen molar-refractivity contribution in [3.8, 4) is 0 Å². The molecule has 4 nitrogen and oxygen atoms in total. The van der Waals surface area contributed by atoms with Gasteiger partial charge in [0.25, 0.3) is 0 Å². The molecule has 0 atom stereocenters. The van der Waals surface area contributed by atoms with Crippen LogP contribution in [0.2, 0.25) is 0 Å². The molecule has 0 unspecified atom stereocenters. The summed E-state index contributed by atoms with van der Waals surface area (Å²) in [4.78, 5) is 10.4. The fraction of sp³-hybridized carbons (Fsp3) is 0.857. The highest BCUT2D eigenvalue weighted by Gasteiger charge is 1.97. The van der Waals surface area contributed by atoms with Gasteiger partial charge in [-0.1, -0.05) is 0 Å². The van der Waals surface area contributed by atoms with Gasteiger partial charge < -0.3 is 14.2 Å². The fourth-order valence-electron chi connectivity index (χ4n) is 0.520. The minimum absolute atomic E-state index is 0.354. The summed E-state index contributed by atoms with van der Waals surface area (Å²) in [6.07, 6.45) is 0.0737. The van der Waals surface area contributed by atoms with Gasteiger partial charge in [-0.15, -0.1) is 0 Å². The molecule has 0 aliphatic heterocycles. The molecule has 11 heavy (non-hydrogen) atoms. The average molecular weight is 162 g/mol. The lowest BCUT2D eigenvalue weighted by Crippen LogP contribution is -2.07. The maximum absolute atomic E-state index is 10.4. The van der Waals surface area contributed by atoms with Crippen molar-refractivity contribution < 1.29 is 19.0 Å². The Kier molecular flexibility index (Phi) is 6.82. The second kappa shape index (κ2) is 7.34. The van der Waals surface area contributed by atoms with Gasteiger partial charge in [0, 0.05) is 19.6 Å². The Morgan fingerprint density at radius 3 is 2.64 bits per heavy atom. The zero-order valence-corrected chi connectivity index (χ0v) is 6.96. The maximum atomic E-state index is 10.4. The highest BCUT2D eigenvalue weighted by atomic mass is 16.7. The van der Waals surface area contributed by atoms with E-state index in [4.69, 9.17) is 4.74 Å². The molecule has 0 aromatic rings. The van der Waals surface area contributed by atoms with Crippen LogP contribution in [0.4, 0.5) is 4.79 Å². The van der Waals surface area contributed by atoms with E-state index in [0.29, 0.717) is 26.2 Å². The number of carbonyl (C=O) groups is 1. The maximum Gasteiger partial charge on any atom is 0.507 e. The van der Waals surface area contributed by atoms with Gasteiger partial charge in [-0.3, -0.25) is 0 Å². The van der Waals surface area contributed by atoms with Crippen molar-refractivity contribution in [3.05, 3.63) is 0 Å². The van der Waals surface area contributed by atoms with Gasteiger partial charge in [0.05, 0.1) is 13.7 Å². The normalized spacial score (nSPS) is 9.27. The third-order valence-electron chi connectivity index (χ3n) is 1.02. The quantitative estimate of drug-likeness (QED) is 0.450. The highest BCUT2D eigenvalue weighted by Crippen LogP contribution is 1.87. The number of hydrogen-bond donors (Lipinski definition) is 0. The van der Waals surface area contributed by atoms with Crippen LogP contribution in [-0.2, 0) is 14.2 Å². The first-order chi connectivity index (χ1) is 5.31. The smallest absolute Gasteiger partial charge is 0.438 e. The predicted molar refractivity (Wildman–Crippen MR) is 39.5 cm³/mol. The molecule has 66 valence electrons. The molecule has 0 radical (unpaired) electrons. The molecule has 0 aliphatic carbocycles. The van der Waals surface area contributed by atoms with Crippen molar-refractivity contribution in [1.29, 1.82) is 0 Å². The van der Waals surface area contributed by atoms with Crippen LogP contribution in [0.25, 0.3) is 0 Å². The van der Waals surface area contributed by atoms with Crippen LogP contribution >= 0.6 is 0 Å². The van der Waals surface area contributed by atoms with E-state index in [-0.39, 0.29) is 0 Å². The Morgan fingerprint density at radius 1 is 1.36 bits per heavy atom. The molecule has 0 saturated heterocycles. The largest absolute Gasteiger partial charge is 0.507 e. The van der Waals surface area contributed by atoms with Crippen molar-refractivity contribution >= 4 is 6.16 Å². The molecule has 0 rings (SSSR count). The lowest BCUT2D eigenvalue weighted by Gasteiger charge is -2.02. The Bertz CT molecular complexity index is 103. The van der Waals surface area contributed by atoms with E-state index in [2.05, 4.69) is 9.47 Å². The summed E-state index contributed by atoms with van der Waals surface area (Å²) in [5.41, 5.74) is 0. The van der Waals surface area contributed by atoms with Crippen molar-refractivity contribution in [3.63, 3.8) is 0 Å². The van der Waals surface area contributed by atoms with Gasteiger partial charge in [-0.25, -0.2) is 4.79 Å². The van der Waals surface area contributed by atoms with Crippen LogP contribution in [0.1, 0.15) is 13.3 Å². The summed E-state index contributed by atoms with van der Waals surface area (Å²) >= 11 is 0. The van der Waals surface area contributed by atoms with Crippen molar-refractivity contribution in [2.75, 3.05) is 26.9 Å². The van der Waals surface area contributed by atoms with Gasteiger partial charge in [0.15, 0.2) is 0 Å². The second-order valence-electron chi connectivity index (χ2n) is 1.85. The Balaban J connectivity index is 2.95. The van der Waals surface area contributed by atoms with Gasteiger partial charge in [0.1, 0.15) is 0 Å². The van der Waals surface area contributed by atoms with Crippen LogP contribution in [0.3, 0.4) is 0 Å². The number of carbonyl (C=O) groups excluding carboxylic acids is 1. The molecule has 0 saturated carbocycles. The molecule has 0 amide bonds. The molecule has 0 aromatic carbocycles. The summed E-state index contributed by atoms with van der Waals surface area (Å²) in [5.74, 6) is 0. The van der Waals surface area contributed by atoms with E-state index in [1.807, 2.05) is 6.92 Å². The third kappa shape index (κ3) is 7.12. The van der Waals surface area contributed by atoms with E-state index in [9.17, 15) is 4.79 Å². The summed E-state index contributed by atoms with van der Waals surface area (Å²) in [6.45, 7) is 3.58. The zero-order chi connectivity index (χ0) is 8.53. The molecule has 0 spiro atoms. The van der Waals surface area contributed by atoms with Crippen molar-refractivity contribution in [1.82, 2.24) is 0 Å². The number of rotatable bonds is 5. The molecule has 0 aromatic heterocycles. The first-order valence-corrected chi connectivity index (χ1v) is 3.59. The first-order valence-electron chi connectivity index (χ1n) is 3.59. The fourth-order valence-corrected chi connectivity index (χ4v) is 0.520. The van der Waals surface area contributed by atoms with E-state index in [1.54, 1.807) is 0 Å². The number of ether oxygens (including phenoxy) is 3. The lowest BCUT2D eigenvalue weighted by atomic mass is 10.5. The second-order valence-corrected chi connectivity index (χ2v) is 1.85. The van der Waals surface area contributed by atoms with Gasteiger partial charge in [-0.05, 0) is 6.92 Å². The van der Waals surface area contributed by atoms with E-state index < -0.39 is 6.16 Å². The molecular weight excluding hydrogens is 148 g/mol. The minimum atomic E-state index is -0.638. The van der Waals surface area contributed by atoms with Crippen LogP contribution in [0.15, 0.2) is 0 Å². The molecule has 0 bridgehead atoms. The average Bonchev–Trinajstić information content (AvgIpc) is 2.04. The Labute approximate surface area is 66.4 Å². The summed E-state index contributed by atoms with van der Waals surface area (Å²) in [6, 6.07) is 0. The summed E-state index contributed by atoms with van der Waals surface area (Å²) in [7, 11) is 1.28. The SMILES string of the molecule is CCOCCCOC(=O)OC. The van der Waals surface area contributed by atoms with Gasteiger partial charge in [0.2, 0.25) is 0 Å². The van der Waals surface area contributed by atoms with Gasteiger partial charge >= 0.3 is 6.16 Å². The van der Waals surface area contributed by atoms with Crippen molar-refractivity contribution in [2.24, 2.45) is 0 Å². The monoisotopic (exact) mass is 162 g/mol. The number of hydrogen-bond acceptors (Lipinski definition) is 4. The molecule has 4 heteroatoms. The molecular formula is C7H14O4. The molecule has 0 aliphatic rings.